The monoisotopic (exact) mass is 308 g/mol. The number of methoxy groups -OCH3 is 1. The molecule has 0 unspecified atom stereocenters. The van der Waals surface area contributed by atoms with Crippen LogP contribution in [0.4, 0.5) is 0 Å². The van der Waals surface area contributed by atoms with Crippen LogP contribution in [0.15, 0.2) is 72.8 Å². The number of benzene rings is 3. The second-order valence-corrected chi connectivity index (χ2v) is 5.68. The zero-order valence-corrected chi connectivity index (χ0v) is 13.2. The van der Waals surface area contributed by atoms with Crippen molar-refractivity contribution >= 4 is 11.6 Å². The summed E-state index contributed by atoms with van der Waals surface area (Å²) in [6.07, 6.45) is 0.855. The molecule has 0 aromatic heterocycles. The largest absolute Gasteiger partial charge is 0.497 e. The molecule has 0 spiro atoms. The third-order valence-electron chi connectivity index (χ3n) is 3.63. The second-order valence-electron chi connectivity index (χ2n) is 5.24. The Morgan fingerprint density at radius 3 is 2.18 bits per heavy atom. The lowest BCUT2D eigenvalue weighted by atomic mass is 9.98. The van der Waals surface area contributed by atoms with Gasteiger partial charge in [0.1, 0.15) is 5.75 Å². The van der Waals surface area contributed by atoms with Gasteiger partial charge in [-0.2, -0.15) is 0 Å². The third kappa shape index (κ3) is 3.49. The molecule has 0 aliphatic carbocycles. The van der Waals surface area contributed by atoms with Crippen LogP contribution >= 0.6 is 11.6 Å². The van der Waals surface area contributed by atoms with Crippen LogP contribution in [0, 0.1) is 0 Å². The van der Waals surface area contributed by atoms with Gasteiger partial charge < -0.3 is 4.74 Å². The number of ether oxygens (including phenoxy) is 1. The van der Waals surface area contributed by atoms with E-state index >= 15 is 0 Å². The summed E-state index contributed by atoms with van der Waals surface area (Å²) >= 11 is 5.95. The summed E-state index contributed by atoms with van der Waals surface area (Å²) < 4.78 is 5.45. The van der Waals surface area contributed by atoms with Gasteiger partial charge in [-0.05, 0) is 52.9 Å². The van der Waals surface area contributed by atoms with Crippen molar-refractivity contribution in [1.82, 2.24) is 0 Å². The van der Waals surface area contributed by atoms with Crippen molar-refractivity contribution < 1.29 is 4.74 Å². The zero-order valence-electron chi connectivity index (χ0n) is 12.4. The van der Waals surface area contributed by atoms with Gasteiger partial charge in [0.25, 0.3) is 0 Å². The summed E-state index contributed by atoms with van der Waals surface area (Å²) in [4.78, 5) is 0. The summed E-state index contributed by atoms with van der Waals surface area (Å²) in [5.41, 5.74) is 4.82. The Labute approximate surface area is 136 Å². The zero-order chi connectivity index (χ0) is 15.4. The van der Waals surface area contributed by atoms with E-state index in [0.717, 1.165) is 17.2 Å². The molecule has 0 fully saturated rings. The van der Waals surface area contributed by atoms with Gasteiger partial charge in [0.2, 0.25) is 0 Å². The molecule has 0 saturated carbocycles. The molecule has 0 saturated heterocycles. The molecule has 0 amide bonds. The fourth-order valence-corrected chi connectivity index (χ4v) is 2.64. The Bertz CT molecular complexity index is 748. The van der Waals surface area contributed by atoms with E-state index < -0.39 is 0 Å². The summed E-state index contributed by atoms with van der Waals surface area (Å²) in [6.45, 7) is 0. The van der Waals surface area contributed by atoms with Crippen molar-refractivity contribution in [2.24, 2.45) is 0 Å². The fourth-order valence-electron chi connectivity index (χ4n) is 2.52. The van der Waals surface area contributed by atoms with Gasteiger partial charge in [0, 0.05) is 5.02 Å². The van der Waals surface area contributed by atoms with E-state index in [-0.39, 0.29) is 0 Å². The predicted molar refractivity (Wildman–Crippen MR) is 92.7 cm³/mol. The number of hydrogen-bond acceptors (Lipinski definition) is 1. The molecule has 3 aromatic rings. The Hall–Kier alpha value is -2.25. The van der Waals surface area contributed by atoms with Crippen molar-refractivity contribution in [3.63, 3.8) is 0 Å². The molecule has 110 valence electrons. The van der Waals surface area contributed by atoms with Crippen LogP contribution < -0.4 is 4.74 Å². The summed E-state index contributed by atoms with van der Waals surface area (Å²) in [5, 5.41) is 0.763. The minimum Gasteiger partial charge on any atom is -0.497 e. The Morgan fingerprint density at radius 2 is 1.50 bits per heavy atom. The van der Waals surface area contributed by atoms with Crippen molar-refractivity contribution in [2.45, 2.75) is 6.42 Å². The maximum absolute atomic E-state index is 5.95. The van der Waals surface area contributed by atoms with E-state index in [1.54, 1.807) is 7.11 Å². The van der Waals surface area contributed by atoms with Crippen molar-refractivity contribution in [2.75, 3.05) is 7.11 Å². The Kier molecular flexibility index (Phi) is 4.45. The highest BCUT2D eigenvalue weighted by Gasteiger charge is 2.05. The molecular formula is C20H17ClO. The Morgan fingerprint density at radius 1 is 0.773 bits per heavy atom. The van der Waals surface area contributed by atoms with Gasteiger partial charge in [-0.15, -0.1) is 0 Å². The van der Waals surface area contributed by atoms with Gasteiger partial charge in [-0.3, -0.25) is 0 Å². The van der Waals surface area contributed by atoms with E-state index in [0.29, 0.717) is 0 Å². The van der Waals surface area contributed by atoms with Crippen LogP contribution in [0.5, 0.6) is 5.75 Å². The predicted octanol–water partition coefficient (Wildman–Crippen LogP) is 5.61. The molecule has 0 heterocycles. The smallest absolute Gasteiger partial charge is 0.119 e. The van der Waals surface area contributed by atoms with Crippen molar-refractivity contribution in [3.8, 4) is 16.9 Å². The quantitative estimate of drug-likeness (QED) is 0.609. The van der Waals surface area contributed by atoms with Gasteiger partial charge in [0.05, 0.1) is 7.11 Å². The van der Waals surface area contributed by atoms with Crippen LogP contribution in [0.3, 0.4) is 0 Å². The number of rotatable bonds is 4. The molecule has 0 radical (unpaired) electrons. The fraction of sp³-hybridized carbons (Fsp3) is 0.100. The van der Waals surface area contributed by atoms with E-state index in [4.69, 9.17) is 16.3 Å². The average Bonchev–Trinajstić information content (AvgIpc) is 2.57. The highest BCUT2D eigenvalue weighted by Crippen LogP contribution is 2.27. The molecule has 2 heteroatoms. The summed E-state index contributed by atoms with van der Waals surface area (Å²) in [6, 6.07) is 24.7. The molecule has 22 heavy (non-hydrogen) atoms. The lowest BCUT2D eigenvalue weighted by Gasteiger charge is -2.10. The van der Waals surface area contributed by atoms with Gasteiger partial charge in [-0.25, -0.2) is 0 Å². The molecular weight excluding hydrogens is 292 g/mol. The van der Waals surface area contributed by atoms with E-state index in [1.807, 2.05) is 30.3 Å². The topological polar surface area (TPSA) is 9.23 Å². The van der Waals surface area contributed by atoms with Gasteiger partial charge in [0.15, 0.2) is 0 Å². The standard InChI is InChI=1S/C20H17ClO/c1-22-20-13-16(11-15-7-9-19(21)10-8-15)12-18(14-20)17-5-3-2-4-6-17/h2-10,12-14H,11H2,1H3. The highest BCUT2D eigenvalue weighted by atomic mass is 35.5. The Balaban J connectivity index is 1.95. The lowest BCUT2D eigenvalue weighted by Crippen LogP contribution is -1.92. The first kappa shape index (κ1) is 14.7. The summed E-state index contributed by atoms with van der Waals surface area (Å²) in [5.74, 6) is 0.880. The highest BCUT2D eigenvalue weighted by molar-refractivity contribution is 6.30. The van der Waals surface area contributed by atoms with Gasteiger partial charge in [-0.1, -0.05) is 60.1 Å². The molecule has 0 N–H and O–H groups in total. The number of hydrogen-bond donors (Lipinski definition) is 0. The van der Waals surface area contributed by atoms with Crippen LogP contribution in [0.1, 0.15) is 11.1 Å². The van der Waals surface area contributed by atoms with Crippen LogP contribution in [-0.4, -0.2) is 7.11 Å². The molecule has 3 rings (SSSR count). The van der Waals surface area contributed by atoms with Gasteiger partial charge >= 0.3 is 0 Å². The molecule has 0 bridgehead atoms. The SMILES string of the molecule is COc1cc(Cc2ccc(Cl)cc2)cc(-c2ccccc2)c1. The van der Waals surface area contributed by atoms with Crippen LogP contribution in [0.2, 0.25) is 5.02 Å². The van der Waals surface area contributed by atoms with Crippen molar-refractivity contribution in [1.29, 1.82) is 0 Å². The lowest BCUT2D eigenvalue weighted by molar-refractivity contribution is 0.414. The molecule has 3 aromatic carbocycles. The normalized spacial score (nSPS) is 10.5. The van der Waals surface area contributed by atoms with E-state index in [9.17, 15) is 0 Å². The first-order valence-electron chi connectivity index (χ1n) is 7.22. The van der Waals surface area contributed by atoms with Crippen LogP contribution in [0.25, 0.3) is 11.1 Å². The van der Waals surface area contributed by atoms with Crippen molar-refractivity contribution in [3.05, 3.63) is 88.9 Å². The first-order valence-corrected chi connectivity index (χ1v) is 7.60. The average molecular weight is 309 g/mol. The molecule has 0 aliphatic rings. The number of halogens is 1. The molecule has 0 aliphatic heterocycles. The minimum absolute atomic E-state index is 0.763. The molecule has 0 atom stereocenters. The molecule has 1 nitrogen and oxygen atoms in total. The third-order valence-corrected chi connectivity index (χ3v) is 3.88. The van der Waals surface area contributed by atoms with E-state index in [2.05, 4.69) is 42.5 Å². The maximum atomic E-state index is 5.95. The first-order chi connectivity index (χ1) is 10.7. The maximum Gasteiger partial charge on any atom is 0.119 e. The van der Waals surface area contributed by atoms with E-state index in [1.165, 1.54) is 22.3 Å². The van der Waals surface area contributed by atoms with Crippen LogP contribution in [-0.2, 0) is 6.42 Å². The summed E-state index contributed by atoms with van der Waals surface area (Å²) in [7, 11) is 1.70. The second kappa shape index (κ2) is 6.67. The minimum atomic E-state index is 0.763.